The van der Waals surface area contributed by atoms with Crippen LogP contribution >= 0.6 is 0 Å². The van der Waals surface area contributed by atoms with E-state index in [1.54, 1.807) is 21.3 Å². The molecule has 1 aromatic heterocycles. The normalized spacial score (nSPS) is 12.6. The molecule has 8 nitrogen and oxygen atoms in total. The second kappa shape index (κ2) is 11.8. The lowest BCUT2D eigenvalue weighted by molar-refractivity contribution is 0.0931. The first-order valence-electron chi connectivity index (χ1n) is 12.7. The van der Waals surface area contributed by atoms with Crippen LogP contribution in [-0.2, 0) is 23.4 Å². The molecule has 0 spiro atoms. The Hall–Kier alpha value is -3.98. The number of hydrogen-bond acceptors (Lipinski definition) is 8. The molecule has 0 saturated heterocycles. The summed E-state index contributed by atoms with van der Waals surface area (Å²) >= 11 is 0. The van der Waals surface area contributed by atoms with Gasteiger partial charge in [0, 0.05) is 20.2 Å². The van der Waals surface area contributed by atoms with Gasteiger partial charge in [0.15, 0.2) is 17.1 Å². The summed E-state index contributed by atoms with van der Waals surface area (Å²) in [6, 6.07) is 24.4. The number of methoxy groups -OCH3 is 3. The molecule has 204 valence electrons. The lowest BCUT2D eigenvalue weighted by Gasteiger charge is -2.28. The van der Waals surface area contributed by atoms with Crippen LogP contribution < -0.4 is 18.9 Å². The third-order valence-corrected chi connectivity index (χ3v) is 6.87. The molecule has 2 heterocycles. The van der Waals surface area contributed by atoms with Crippen LogP contribution in [-0.4, -0.2) is 51.3 Å². The van der Waals surface area contributed by atoms with E-state index in [-0.39, 0.29) is 6.79 Å². The fourth-order valence-corrected chi connectivity index (χ4v) is 4.73. The van der Waals surface area contributed by atoms with Gasteiger partial charge in [0.1, 0.15) is 23.0 Å². The van der Waals surface area contributed by atoms with E-state index in [1.807, 2.05) is 78.9 Å². The summed E-state index contributed by atoms with van der Waals surface area (Å²) in [6.45, 7) is 2.70. The molecule has 3 aromatic carbocycles. The van der Waals surface area contributed by atoms with Crippen molar-refractivity contribution in [1.29, 1.82) is 0 Å². The number of furan rings is 1. The first-order chi connectivity index (χ1) is 19.0. The zero-order chi connectivity index (χ0) is 27.2. The molecule has 8 heteroatoms. The van der Waals surface area contributed by atoms with Gasteiger partial charge in [-0.2, -0.15) is 0 Å². The molecule has 4 aromatic rings. The molecule has 0 radical (unpaired) electrons. The summed E-state index contributed by atoms with van der Waals surface area (Å²) in [5, 5.41) is 12.2. The predicted octanol–water partition coefficient (Wildman–Crippen LogP) is 4.96. The molecule has 0 amide bonds. The second-order valence-corrected chi connectivity index (χ2v) is 9.32. The number of hydrogen-bond donors (Lipinski definition) is 1. The maximum absolute atomic E-state index is 12.2. The summed E-state index contributed by atoms with van der Waals surface area (Å²) < 4.78 is 33.4. The van der Waals surface area contributed by atoms with E-state index in [0.717, 1.165) is 22.8 Å². The lowest BCUT2D eigenvalue weighted by atomic mass is 9.84. The Bertz CT molecular complexity index is 1320. The molecule has 39 heavy (non-hydrogen) atoms. The molecule has 5 rings (SSSR count). The average Bonchev–Trinajstić information content (AvgIpc) is 3.65. The molecular weight excluding hydrogens is 498 g/mol. The molecule has 1 aliphatic rings. The van der Waals surface area contributed by atoms with Crippen LogP contribution in [0.2, 0.25) is 0 Å². The van der Waals surface area contributed by atoms with Crippen LogP contribution in [0.25, 0.3) is 0 Å². The van der Waals surface area contributed by atoms with Crippen LogP contribution in [0.15, 0.2) is 83.3 Å². The van der Waals surface area contributed by atoms with Gasteiger partial charge in [0.25, 0.3) is 0 Å². The summed E-state index contributed by atoms with van der Waals surface area (Å²) in [7, 11) is 4.92. The van der Waals surface area contributed by atoms with Crippen LogP contribution in [0.5, 0.6) is 23.0 Å². The van der Waals surface area contributed by atoms with Gasteiger partial charge in [0.05, 0.1) is 27.4 Å². The Morgan fingerprint density at radius 2 is 1.41 bits per heavy atom. The van der Waals surface area contributed by atoms with Crippen molar-refractivity contribution in [3.8, 4) is 23.0 Å². The van der Waals surface area contributed by atoms with Crippen molar-refractivity contribution in [2.75, 3.05) is 41.3 Å². The monoisotopic (exact) mass is 531 g/mol. The molecule has 1 aliphatic heterocycles. The Morgan fingerprint density at radius 1 is 0.769 bits per heavy atom. The van der Waals surface area contributed by atoms with Crippen LogP contribution in [0, 0.1) is 0 Å². The van der Waals surface area contributed by atoms with Gasteiger partial charge in [-0.1, -0.05) is 30.3 Å². The van der Waals surface area contributed by atoms with Gasteiger partial charge < -0.3 is 33.2 Å². The van der Waals surface area contributed by atoms with Gasteiger partial charge in [-0.25, -0.2) is 0 Å². The predicted molar refractivity (Wildman–Crippen MR) is 145 cm³/mol. The largest absolute Gasteiger partial charge is 0.497 e. The maximum Gasteiger partial charge on any atom is 0.231 e. The number of nitrogens with zero attached hydrogens (tertiary/aromatic N) is 1. The van der Waals surface area contributed by atoms with Crippen molar-refractivity contribution in [1.82, 2.24) is 4.90 Å². The minimum atomic E-state index is -1.52. The van der Waals surface area contributed by atoms with Gasteiger partial charge in [-0.15, -0.1) is 0 Å². The van der Waals surface area contributed by atoms with E-state index in [0.29, 0.717) is 54.6 Å². The smallest absolute Gasteiger partial charge is 0.231 e. The minimum absolute atomic E-state index is 0.243. The quantitative estimate of drug-likeness (QED) is 0.275. The van der Waals surface area contributed by atoms with Crippen LogP contribution in [0.1, 0.15) is 28.2 Å². The molecule has 0 saturated carbocycles. The number of ether oxygens (including phenoxy) is 5. The Kier molecular flexibility index (Phi) is 8.07. The molecule has 0 fully saturated rings. The van der Waals surface area contributed by atoms with Gasteiger partial charge in [-0.3, -0.25) is 4.90 Å². The molecule has 0 unspecified atom stereocenters. The summed E-state index contributed by atoms with van der Waals surface area (Å²) in [5.74, 6) is 4.06. The number of rotatable bonds is 12. The summed E-state index contributed by atoms with van der Waals surface area (Å²) in [6.07, 6.45) is 0. The van der Waals surface area contributed by atoms with Crippen LogP contribution in [0.4, 0.5) is 0 Å². The van der Waals surface area contributed by atoms with E-state index in [9.17, 15) is 5.11 Å². The Balaban J connectivity index is 1.43. The Labute approximate surface area is 228 Å². The van der Waals surface area contributed by atoms with E-state index in [4.69, 9.17) is 28.1 Å². The first kappa shape index (κ1) is 26.6. The average molecular weight is 532 g/mol. The number of benzene rings is 3. The highest BCUT2D eigenvalue weighted by Crippen LogP contribution is 2.39. The summed E-state index contributed by atoms with van der Waals surface area (Å²) in [4.78, 5) is 2.23. The first-order valence-corrected chi connectivity index (χ1v) is 12.7. The zero-order valence-electron chi connectivity index (χ0n) is 22.4. The second-order valence-electron chi connectivity index (χ2n) is 9.32. The third-order valence-electron chi connectivity index (χ3n) is 6.87. The van der Waals surface area contributed by atoms with Crippen molar-refractivity contribution in [2.24, 2.45) is 0 Å². The molecular formula is C31H33NO7. The van der Waals surface area contributed by atoms with Crippen molar-refractivity contribution in [3.63, 3.8) is 0 Å². The molecule has 0 bridgehead atoms. The number of aliphatic hydroxyl groups is 1. The Morgan fingerprint density at radius 3 is 2.03 bits per heavy atom. The van der Waals surface area contributed by atoms with E-state index < -0.39 is 5.60 Å². The van der Waals surface area contributed by atoms with Crippen LogP contribution in [0.3, 0.4) is 0 Å². The zero-order valence-corrected chi connectivity index (χ0v) is 22.4. The van der Waals surface area contributed by atoms with E-state index in [1.165, 1.54) is 0 Å². The molecule has 0 aliphatic carbocycles. The van der Waals surface area contributed by atoms with E-state index >= 15 is 0 Å². The van der Waals surface area contributed by atoms with Crippen molar-refractivity contribution < 1.29 is 33.2 Å². The topological polar surface area (TPSA) is 82.8 Å². The SMILES string of the molecule is COCCN(Cc1ccc2c(c1)OCO2)Cc1ccc(C(O)(c2ccc(OC)cc2)c2ccc(OC)cc2)o1. The molecule has 1 N–H and O–H groups in total. The molecule has 0 atom stereocenters. The van der Waals surface area contributed by atoms with Gasteiger partial charge >= 0.3 is 0 Å². The highest BCUT2D eigenvalue weighted by molar-refractivity contribution is 5.47. The maximum atomic E-state index is 12.2. The van der Waals surface area contributed by atoms with Gasteiger partial charge in [-0.05, 0) is 65.2 Å². The number of fused-ring (bicyclic) bond motifs is 1. The van der Waals surface area contributed by atoms with Crippen molar-refractivity contribution in [3.05, 3.63) is 107 Å². The van der Waals surface area contributed by atoms with E-state index in [2.05, 4.69) is 4.90 Å². The minimum Gasteiger partial charge on any atom is -0.497 e. The van der Waals surface area contributed by atoms with Crippen molar-refractivity contribution >= 4 is 0 Å². The van der Waals surface area contributed by atoms with Gasteiger partial charge in [0.2, 0.25) is 6.79 Å². The fourth-order valence-electron chi connectivity index (χ4n) is 4.73. The standard InChI is InChI=1S/C31H33NO7/c1-34-17-16-32(19-22-4-14-28-29(18-22)38-21-37-28)20-27-13-15-30(39-27)31(33,23-5-9-25(35-2)10-6-23)24-7-11-26(36-3)12-8-24/h4-15,18,33H,16-17,19-21H2,1-3H3. The third kappa shape index (κ3) is 5.73. The lowest BCUT2D eigenvalue weighted by Crippen LogP contribution is -2.28. The van der Waals surface area contributed by atoms with Crippen molar-refractivity contribution in [2.45, 2.75) is 18.7 Å². The summed E-state index contributed by atoms with van der Waals surface area (Å²) in [5.41, 5.74) is 0.887. The highest BCUT2D eigenvalue weighted by atomic mass is 16.7. The fraction of sp³-hybridized carbons (Fsp3) is 0.290. The highest BCUT2D eigenvalue weighted by Gasteiger charge is 2.37.